The number of rotatable bonds is 5. The van der Waals surface area contributed by atoms with Crippen molar-refractivity contribution < 1.29 is 13.9 Å². The summed E-state index contributed by atoms with van der Waals surface area (Å²) in [4.78, 5) is 17.3. The molecule has 1 N–H and O–H groups in total. The molecule has 0 atom stereocenters. The molecule has 26 heavy (non-hydrogen) atoms. The second kappa shape index (κ2) is 6.90. The predicted octanol–water partition coefficient (Wildman–Crippen LogP) is 5.14. The molecule has 0 spiro atoms. The molecule has 0 unspecified atom stereocenters. The number of para-hydroxylation sites is 1. The number of nitrogens with zero attached hydrogens (tertiary/aromatic N) is 1. The summed E-state index contributed by atoms with van der Waals surface area (Å²) in [5.41, 5.74) is 3.11. The number of fused-ring (bicyclic) bond motifs is 2. The maximum atomic E-state index is 12.8. The van der Waals surface area contributed by atoms with Crippen LogP contribution in [-0.4, -0.2) is 17.5 Å². The van der Waals surface area contributed by atoms with Gasteiger partial charge in [0.2, 0.25) is 0 Å². The van der Waals surface area contributed by atoms with Crippen molar-refractivity contribution in [3.05, 3.63) is 58.8 Å². The number of benzene rings is 2. The minimum absolute atomic E-state index is 0.281. The summed E-state index contributed by atoms with van der Waals surface area (Å²) in [5.74, 6) is 0.0109. The predicted molar refractivity (Wildman–Crippen MR) is 104 cm³/mol. The van der Waals surface area contributed by atoms with E-state index in [-0.39, 0.29) is 5.91 Å². The Bertz CT molecular complexity index is 1100. The van der Waals surface area contributed by atoms with Crippen LogP contribution in [0, 0.1) is 6.92 Å². The van der Waals surface area contributed by atoms with E-state index in [0.29, 0.717) is 30.2 Å². The number of furan rings is 1. The van der Waals surface area contributed by atoms with E-state index in [1.165, 1.54) is 0 Å². The van der Waals surface area contributed by atoms with E-state index in [4.69, 9.17) is 9.15 Å². The topological polar surface area (TPSA) is 64.4 Å². The lowest BCUT2D eigenvalue weighted by Gasteiger charge is -2.06. The average molecular weight is 366 g/mol. The Morgan fingerprint density at radius 2 is 2.12 bits per heavy atom. The molecule has 0 aliphatic heterocycles. The van der Waals surface area contributed by atoms with Crippen molar-refractivity contribution in [2.75, 3.05) is 11.9 Å². The number of aryl methyl sites for hydroxylation is 1. The first-order chi connectivity index (χ1) is 12.7. The van der Waals surface area contributed by atoms with E-state index in [1.807, 2.05) is 56.3 Å². The third-order valence-corrected chi connectivity index (χ3v) is 5.04. The summed E-state index contributed by atoms with van der Waals surface area (Å²) in [6.45, 7) is 4.80. The van der Waals surface area contributed by atoms with Crippen LogP contribution in [0.4, 0.5) is 5.69 Å². The van der Waals surface area contributed by atoms with E-state index in [1.54, 1.807) is 11.3 Å². The Kier molecular flexibility index (Phi) is 4.44. The van der Waals surface area contributed by atoms with Crippen molar-refractivity contribution in [2.45, 2.75) is 20.5 Å². The molecule has 4 aromatic rings. The SMILES string of the molecule is CCOCc1c(C(=O)Nc2ccc3nc(C)sc3c2)oc2ccccc12. The van der Waals surface area contributed by atoms with Gasteiger partial charge in [-0.2, -0.15) is 0 Å². The molecule has 0 radical (unpaired) electrons. The Balaban J connectivity index is 1.68. The monoisotopic (exact) mass is 366 g/mol. The highest BCUT2D eigenvalue weighted by atomic mass is 32.1. The van der Waals surface area contributed by atoms with Crippen molar-refractivity contribution >= 4 is 44.1 Å². The third-order valence-electron chi connectivity index (χ3n) is 4.11. The Morgan fingerprint density at radius 3 is 2.96 bits per heavy atom. The number of amides is 1. The summed E-state index contributed by atoms with van der Waals surface area (Å²) in [5, 5.41) is 4.83. The standard InChI is InChI=1S/C20H18N2O3S/c1-3-24-11-15-14-6-4-5-7-17(14)25-19(15)20(23)22-13-8-9-16-18(10-13)26-12(2)21-16/h4-10H,3,11H2,1-2H3,(H,22,23). The molecule has 2 heterocycles. The number of carbonyl (C=O) groups excluding carboxylic acids is 1. The van der Waals surface area contributed by atoms with Crippen molar-refractivity contribution in [1.29, 1.82) is 0 Å². The number of nitrogens with one attached hydrogen (secondary N) is 1. The maximum absolute atomic E-state index is 12.8. The minimum atomic E-state index is -0.281. The Labute approximate surface area is 154 Å². The van der Waals surface area contributed by atoms with Crippen LogP contribution < -0.4 is 5.32 Å². The number of hydrogen-bond donors (Lipinski definition) is 1. The van der Waals surface area contributed by atoms with Gasteiger partial charge in [-0.25, -0.2) is 4.98 Å². The molecule has 0 fully saturated rings. The third kappa shape index (κ3) is 3.09. The first-order valence-electron chi connectivity index (χ1n) is 8.42. The molecule has 132 valence electrons. The molecule has 0 saturated heterocycles. The van der Waals surface area contributed by atoms with Crippen molar-refractivity contribution in [1.82, 2.24) is 4.98 Å². The fourth-order valence-electron chi connectivity index (χ4n) is 2.94. The highest BCUT2D eigenvalue weighted by Crippen LogP contribution is 2.29. The largest absolute Gasteiger partial charge is 0.451 e. The Morgan fingerprint density at radius 1 is 1.27 bits per heavy atom. The van der Waals surface area contributed by atoms with Gasteiger partial charge in [-0.15, -0.1) is 11.3 Å². The van der Waals surface area contributed by atoms with Gasteiger partial charge in [-0.3, -0.25) is 4.79 Å². The van der Waals surface area contributed by atoms with Gasteiger partial charge in [0.05, 0.1) is 21.8 Å². The zero-order valence-corrected chi connectivity index (χ0v) is 15.4. The number of thiazole rings is 1. The van der Waals surface area contributed by atoms with Crippen molar-refractivity contribution in [2.24, 2.45) is 0 Å². The summed E-state index contributed by atoms with van der Waals surface area (Å²) < 4.78 is 12.4. The highest BCUT2D eigenvalue weighted by molar-refractivity contribution is 7.18. The van der Waals surface area contributed by atoms with Gasteiger partial charge in [0.15, 0.2) is 5.76 Å². The van der Waals surface area contributed by atoms with Gasteiger partial charge in [-0.1, -0.05) is 18.2 Å². The lowest BCUT2D eigenvalue weighted by atomic mass is 10.1. The van der Waals surface area contributed by atoms with Crippen LogP contribution in [0.25, 0.3) is 21.2 Å². The molecule has 0 bridgehead atoms. The molecular weight excluding hydrogens is 348 g/mol. The molecular formula is C20H18N2O3S. The maximum Gasteiger partial charge on any atom is 0.291 e. The first kappa shape index (κ1) is 16.8. The zero-order valence-electron chi connectivity index (χ0n) is 14.5. The Hall–Kier alpha value is -2.70. The zero-order chi connectivity index (χ0) is 18.1. The average Bonchev–Trinajstić information content (AvgIpc) is 3.19. The quantitative estimate of drug-likeness (QED) is 0.531. The summed E-state index contributed by atoms with van der Waals surface area (Å²) in [7, 11) is 0. The molecule has 5 nitrogen and oxygen atoms in total. The number of anilines is 1. The molecule has 4 rings (SSSR count). The number of ether oxygens (including phenoxy) is 1. The van der Waals surface area contributed by atoms with Gasteiger partial charge >= 0.3 is 0 Å². The van der Waals surface area contributed by atoms with E-state index in [9.17, 15) is 4.79 Å². The lowest BCUT2D eigenvalue weighted by molar-refractivity contribution is 0.0984. The van der Waals surface area contributed by atoms with Crippen LogP contribution in [0.15, 0.2) is 46.9 Å². The lowest BCUT2D eigenvalue weighted by Crippen LogP contribution is -2.13. The van der Waals surface area contributed by atoms with Crippen LogP contribution in [0.1, 0.15) is 28.0 Å². The molecule has 1 amide bonds. The normalized spacial score (nSPS) is 11.3. The summed E-state index contributed by atoms with van der Waals surface area (Å²) >= 11 is 1.60. The number of aromatic nitrogens is 1. The number of carbonyl (C=O) groups is 1. The van der Waals surface area contributed by atoms with Crippen molar-refractivity contribution in [3.63, 3.8) is 0 Å². The van der Waals surface area contributed by atoms with Gasteiger partial charge in [0.25, 0.3) is 5.91 Å². The molecule has 0 aliphatic rings. The molecule has 0 saturated carbocycles. The van der Waals surface area contributed by atoms with Crippen molar-refractivity contribution in [3.8, 4) is 0 Å². The molecule has 2 aromatic carbocycles. The second-order valence-electron chi connectivity index (χ2n) is 5.91. The smallest absolute Gasteiger partial charge is 0.291 e. The van der Waals surface area contributed by atoms with Gasteiger partial charge in [-0.05, 0) is 38.1 Å². The molecule has 0 aliphatic carbocycles. The van der Waals surface area contributed by atoms with Crippen LogP contribution in [-0.2, 0) is 11.3 Å². The highest BCUT2D eigenvalue weighted by Gasteiger charge is 2.20. The number of hydrogen-bond acceptors (Lipinski definition) is 5. The first-order valence-corrected chi connectivity index (χ1v) is 9.24. The van der Waals surface area contributed by atoms with Crippen LogP contribution in [0.5, 0.6) is 0 Å². The van der Waals surface area contributed by atoms with Crippen LogP contribution in [0.2, 0.25) is 0 Å². The van der Waals surface area contributed by atoms with E-state index < -0.39 is 0 Å². The fraction of sp³-hybridized carbons (Fsp3) is 0.200. The van der Waals surface area contributed by atoms with E-state index >= 15 is 0 Å². The minimum Gasteiger partial charge on any atom is -0.451 e. The van der Waals surface area contributed by atoms with E-state index in [0.717, 1.165) is 26.2 Å². The van der Waals surface area contributed by atoms with Gasteiger partial charge in [0, 0.05) is 23.2 Å². The summed E-state index contributed by atoms with van der Waals surface area (Å²) in [6, 6.07) is 13.3. The molecule has 6 heteroatoms. The van der Waals surface area contributed by atoms with Crippen LogP contribution >= 0.6 is 11.3 Å². The summed E-state index contributed by atoms with van der Waals surface area (Å²) in [6.07, 6.45) is 0. The van der Waals surface area contributed by atoms with E-state index in [2.05, 4.69) is 10.3 Å². The van der Waals surface area contributed by atoms with Gasteiger partial charge in [0.1, 0.15) is 5.58 Å². The molecule has 2 aromatic heterocycles. The van der Waals surface area contributed by atoms with Crippen LogP contribution in [0.3, 0.4) is 0 Å². The van der Waals surface area contributed by atoms with Gasteiger partial charge < -0.3 is 14.5 Å². The second-order valence-corrected chi connectivity index (χ2v) is 7.15. The fourth-order valence-corrected chi connectivity index (χ4v) is 3.80.